The highest BCUT2D eigenvalue weighted by Gasteiger charge is 2.51. The van der Waals surface area contributed by atoms with Crippen molar-refractivity contribution < 1.29 is 19.1 Å². The van der Waals surface area contributed by atoms with Gasteiger partial charge in [0, 0.05) is 29.3 Å². The van der Waals surface area contributed by atoms with Gasteiger partial charge in [-0.2, -0.15) is 0 Å². The Morgan fingerprint density at radius 2 is 1.78 bits per heavy atom. The van der Waals surface area contributed by atoms with E-state index in [4.69, 9.17) is 21.7 Å². The van der Waals surface area contributed by atoms with Crippen LogP contribution in [0.5, 0.6) is 0 Å². The molecule has 190 valence electrons. The number of aromatic nitrogens is 2. The molecule has 3 heterocycles. The summed E-state index contributed by atoms with van der Waals surface area (Å²) in [4.78, 5) is 32.6. The molecule has 1 aromatic heterocycles. The van der Waals surface area contributed by atoms with Crippen molar-refractivity contribution in [2.75, 3.05) is 25.6 Å². The smallest absolute Gasteiger partial charge is 0.308 e. The molecule has 2 aromatic rings. The number of fused-ring (bicyclic) bond motifs is 3. The Morgan fingerprint density at radius 3 is 2.33 bits per heavy atom. The van der Waals surface area contributed by atoms with Gasteiger partial charge in [-0.1, -0.05) is 30.7 Å². The zero-order valence-corrected chi connectivity index (χ0v) is 21.4. The first kappa shape index (κ1) is 24.8. The molecule has 6 rings (SSSR count). The largest absolute Gasteiger partial charge is 0.469 e. The van der Waals surface area contributed by atoms with Gasteiger partial charge in [0.25, 0.3) is 0 Å². The van der Waals surface area contributed by atoms with E-state index in [1.54, 1.807) is 12.4 Å². The van der Waals surface area contributed by atoms with Crippen LogP contribution in [-0.2, 0) is 24.5 Å². The predicted molar refractivity (Wildman–Crippen MR) is 140 cm³/mol. The number of rotatable bonds is 8. The molecule has 2 saturated heterocycles. The van der Waals surface area contributed by atoms with Crippen LogP contribution in [0.1, 0.15) is 56.9 Å². The van der Waals surface area contributed by atoms with Crippen LogP contribution in [0.2, 0.25) is 0 Å². The van der Waals surface area contributed by atoms with Gasteiger partial charge < -0.3 is 20.1 Å². The van der Waals surface area contributed by atoms with Gasteiger partial charge in [-0.3, -0.25) is 9.59 Å². The van der Waals surface area contributed by atoms with Crippen LogP contribution in [-0.4, -0.2) is 52.7 Å². The summed E-state index contributed by atoms with van der Waals surface area (Å²) in [6, 6.07) is 8.53. The number of anilines is 1. The van der Waals surface area contributed by atoms with E-state index in [-0.39, 0.29) is 35.2 Å². The maximum absolute atomic E-state index is 12.0. The van der Waals surface area contributed by atoms with E-state index in [1.807, 2.05) is 0 Å². The van der Waals surface area contributed by atoms with E-state index in [0.717, 1.165) is 56.1 Å². The van der Waals surface area contributed by atoms with Gasteiger partial charge in [-0.05, 0) is 61.9 Å². The fraction of sp³-hybridized carbons (Fsp3) is 0.519. The van der Waals surface area contributed by atoms with Crippen LogP contribution in [0, 0.1) is 5.92 Å². The summed E-state index contributed by atoms with van der Waals surface area (Å²) < 4.78 is 11.1. The first-order valence-electron chi connectivity index (χ1n) is 12.6. The monoisotopic (exact) mass is 508 g/mol. The number of nitrogens with zero attached hydrogens (tertiary/aromatic N) is 2. The predicted octanol–water partition coefficient (Wildman–Crippen LogP) is 3.94. The molecule has 2 N–H and O–H groups in total. The van der Waals surface area contributed by atoms with E-state index < -0.39 is 0 Å². The Bertz CT molecular complexity index is 1110. The maximum Gasteiger partial charge on any atom is 0.308 e. The summed E-state index contributed by atoms with van der Waals surface area (Å²) in [6.45, 7) is 0.868. The highest BCUT2D eigenvalue weighted by atomic mass is 32.1. The lowest BCUT2D eigenvalue weighted by atomic mass is 9.62. The minimum atomic E-state index is -0.355. The lowest BCUT2D eigenvalue weighted by Gasteiger charge is -2.53. The van der Waals surface area contributed by atoms with Crippen molar-refractivity contribution in [1.29, 1.82) is 0 Å². The molecular weight excluding hydrogens is 476 g/mol. The number of carbonyl (C=O) groups is 2. The Labute approximate surface area is 216 Å². The molecule has 8 nitrogen and oxygen atoms in total. The van der Waals surface area contributed by atoms with Crippen LogP contribution in [0.25, 0.3) is 11.1 Å². The van der Waals surface area contributed by atoms with Crippen molar-refractivity contribution in [3.8, 4) is 11.1 Å². The van der Waals surface area contributed by atoms with Crippen molar-refractivity contribution in [1.82, 2.24) is 15.3 Å². The molecule has 0 radical (unpaired) electrons. The van der Waals surface area contributed by atoms with Crippen LogP contribution in [0.3, 0.4) is 0 Å². The number of hydrogen-bond acceptors (Lipinski definition) is 7. The molecule has 4 fully saturated rings. The number of esters is 1. The number of hydrogen-bond donors (Lipinski definition) is 2. The fourth-order valence-electron chi connectivity index (χ4n) is 5.44. The minimum absolute atomic E-state index is 0.00336. The van der Waals surface area contributed by atoms with Crippen LogP contribution < -0.4 is 10.6 Å². The topological polar surface area (TPSA) is 102 Å². The van der Waals surface area contributed by atoms with Crippen molar-refractivity contribution in [2.24, 2.45) is 5.92 Å². The van der Waals surface area contributed by atoms with Gasteiger partial charge in [-0.25, -0.2) is 9.97 Å². The SMILES string of the molecule is COC(=O)CC12CCC(c3ccc(-c4cnc(NC(=S)NCC(=O)C5CCC5)nc4)cc3)(CC1)CO2. The van der Waals surface area contributed by atoms with Crippen LogP contribution in [0.4, 0.5) is 5.95 Å². The van der Waals surface area contributed by atoms with Gasteiger partial charge in [0.05, 0.1) is 32.3 Å². The second-order valence-electron chi connectivity index (χ2n) is 10.3. The summed E-state index contributed by atoms with van der Waals surface area (Å²) in [6.07, 6.45) is 10.7. The van der Waals surface area contributed by atoms with Crippen molar-refractivity contribution in [3.05, 3.63) is 42.2 Å². The Morgan fingerprint density at radius 1 is 1.08 bits per heavy atom. The molecule has 0 atom stereocenters. The van der Waals surface area contributed by atoms with E-state index in [2.05, 4.69) is 44.9 Å². The van der Waals surface area contributed by atoms with Gasteiger partial charge in [0.2, 0.25) is 5.95 Å². The molecule has 0 spiro atoms. The number of benzene rings is 1. The number of nitrogens with one attached hydrogen (secondary N) is 2. The number of carbonyl (C=O) groups excluding carboxylic acids is 2. The van der Waals surface area contributed by atoms with Gasteiger partial charge >= 0.3 is 5.97 Å². The molecule has 2 saturated carbocycles. The maximum atomic E-state index is 12.0. The summed E-state index contributed by atoms with van der Waals surface area (Å²) in [5, 5.41) is 6.23. The van der Waals surface area contributed by atoms with Crippen LogP contribution in [0.15, 0.2) is 36.7 Å². The average molecular weight is 509 g/mol. The Balaban J connectivity index is 1.16. The highest BCUT2D eigenvalue weighted by molar-refractivity contribution is 7.80. The van der Waals surface area contributed by atoms with Crippen LogP contribution >= 0.6 is 12.2 Å². The molecule has 4 aliphatic rings. The third-order valence-corrected chi connectivity index (χ3v) is 8.41. The highest BCUT2D eigenvalue weighted by Crippen LogP contribution is 2.51. The van der Waals surface area contributed by atoms with E-state index >= 15 is 0 Å². The standard InChI is InChI=1S/C27H32N4O4S/c1-34-23(33)13-27-11-9-26(10-12-27,17-35-27)21-7-5-18(6-8-21)20-14-28-24(29-15-20)31-25(36)30-16-22(32)19-3-2-4-19/h5-8,14-15,19H,2-4,9-13,16-17H2,1H3,(H2,28,29,30,31,36). The number of Topliss-reactive ketones (excluding diaryl/α,β-unsaturated/α-hetero) is 1. The second kappa shape index (κ2) is 10.2. The molecule has 2 aliphatic carbocycles. The zero-order chi connectivity index (χ0) is 25.2. The van der Waals surface area contributed by atoms with Gasteiger partial charge in [0.15, 0.2) is 10.9 Å². The van der Waals surface area contributed by atoms with Crippen molar-refractivity contribution in [3.63, 3.8) is 0 Å². The lowest BCUT2D eigenvalue weighted by Crippen LogP contribution is -2.54. The van der Waals surface area contributed by atoms with E-state index in [9.17, 15) is 9.59 Å². The summed E-state index contributed by atoms with van der Waals surface area (Å²) >= 11 is 5.27. The number of ketones is 1. The second-order valence-corrected chi connectivity index (χ2v) is 10.7. The quantitative estimate of drug-likeness (QED) is 0.405. The third kappa shape index (κ3) is 5.13. The number of ether oxygens (including phenoxy) is 2. The first-order valence-corrected chi connectivity index (χ1v) is 13.0. The molecule has 9 heteroatoms. The molecular formula is C27H32N4O4S. The van der Waals surface area contributed by atoms with Gasteiger partial charge in [-0.15, -0.1) is 0 Å². The summed E-state index contributed by atoms with van der Waals surface area (Å²) in [5.74, 6) is 0.582. The zero-order valence-electron chi connectivity index (χ0n) is 20.5. The molecule has 2 bridgehead atoms. The first-order chi connectivity index (χ1) is 17.4. The number of thiocarbonyl (C=S) groups is 1. The Hall–Kier alpha value is -2.91. The van der Waals surface area contributed by atoms with E-state index in [0.29, 0.717) is 24.1 Å². The average Bonchev–Trinajstić information content (AvgIpc) is 2.88. The third-order valence-electron chi connectivity index (χ3n) is 8.16. The number of methoxy groups -OCH3 is 1. The molecule has 0 amide bonds. The van der Waals surface area contributed by atoms with Crippen molar-refractivity contribution in [2.45, 2.75) is 62.4 Å². The molecule has 2 aliphatic heterocycles. The van der Waals surface area contributed by atoms with Gasteiger partial charge in [0.1, 0.15) is 0 Å². The molecule has 36 heavy (non-hydrogen) atoms. The Kier molecular flexibility index (Phi) is 7.03. The van der Waals surface area contributed by atoms with E-state index in [1.165, 1.54) is 12.7 Å². The normalized spacial score (nSPS) is 25.0. The fourth-order valence-corrected chi connectivity index (χ4v) is 5.61. The van der Waals surface area contributed by atoms with Crippen molar-refractivity contribution >= 4 is 35.0 Å². The molecule has 0 unspecified atom stereocenters. The lowest BCUT2D eigenvalue weighted by molar-refractivity contribution is -0.176. The molecule has 1 aromatic carbocycles. The summed E-state index contributed by atoms with van der Waals surface area (Å²) in [5.41, 5.74) is 2.85. The summed E-state index contributed by atoms with van der Waals surface area (Å²) in [7, 11) is 1.43. The minimum Gasteiger partial charge on any atom is -0.469 e.